The first-order valence-electron chi connectivity index (χ1n) is 9.38. The second kappa shape index (κ2) is 8.91. The predicted octanol–water partition coefficient (Wildman–Crippen LogP) is 3.73. The number of carbonyl (C=O) groups excluding carboxylic acids is 1. The molecule has 150 valence electrons. The monoisotopic (exact) mass is 400 g/mol. The van der Waals surface area contributed by atoms with Crippen LogP contribution in [-0.2, 0) is 13.2 Å². The van der Waals surface area contributed by atoms with Gasteiger partial charge < -0.3 is 15.2 Å². The van der Waals surface area contributed by atoms with Crippen LogP contribution in [0.4, 0.5) is 0 Å². The van der Waals surface area contributed by atoms with E-state index in [-0.39, 0.29) is 5.69 Å². The van der Waals surface area contributed by atoms with Gasteiger partial charge in [0, 0.05) is 5.56 Å². The lowest BCUT2D eigenvalue weighted by Gasteiger charge is -2.09. The molecule has 1 heterocycles. The van der Waals surface area contributed by atoms with Crippen LogP contribution in [-0.4, -0.2) is 21.3 Å². The number of H-pyrrole nitrogens is 1. The van der Waals surface area contributed by atoms with E-state index in [0.29, 0.717) is 24.7 Å². The average Bonchev–Trinajstić information content (AvgIpc) is 3.28. The van der Waals surface area contributed by atoms with Crippen LogP contribution in [0.15, 0.2) is 78.9 Å². The van der Waals surface area contributed by atoms with Crippen molar-refractivity contribution in [2.45, 2.75) is 13.2 Å². The maximum Gasteiger partial charge on any atom is 0.271 e. The molecule has 0 bridgehead atoms. The van der Waals surface area contributed by atoms with E-state index in [9.17, 15) is 4.79 Å². The Morgan fingerprint density at radius 3 is 1.93 bits per heavy atom. The summed E-state index contributed by atoms with van der Waals surface area (Å²) in [5, 5.41) is 10.2. The molecule has 0 radical (unpaired) electrons. The molecular weight excluding hydrogens is 380 g/mol. The zero-order valence-corrected chi connectivity index (χ0v) is 16.1. The van der Waals surface area contributed by atoms with Crippen LogP contribution in [0.1, 0.15) is 21.6 Å². The molecular formula is C23H20N4O3. The van der Waals surface area contributed by atoms with Crippen molar-refractivity contribution in [3.63, 3.8) is 0 Å². The van der Waals surface area contributed by atoms with Crippen LogP contribution in [0, 0.1) is 0 Å². The number of hydrogen-bond donors (Lipinski definition) is 2. The molecule has 0 saturated carbocycles. The highest BCUT2D eigenvalue weighted by atomic mass is 16.5. The van der Waals surface area contributed by atoms with E-state index in [0.717, 1.165) is 22.4 Å². The zero-order chi connectivity index (χ0) is 20.8. The fourth-order valence-corrected chi connectivity index (χ4v) is 2.90. The highest BCUT2D eigenvalue weighted by Gasteiger charge is 2.14. The van der Waals surface area contributed by atoms with Crippen molar-refractivity contribution in [3.05, 3.63) is 95.7 Å². The van der Waals surface area contributed by atoms with E-state index in [1.54, 1.807) is 12.1 Å². The Morgan fingerprint density at radius 1 is 0.767 bits per heavy atom. The molecule has 7 heteroatoms. The van der Waals surface area contributed by atoms with E-state index >= 15 is 0 Å². The largest absolute Gasteiger partial charge is 0.489 e. The molecule has 0 saturated heterocycles. The van der Waals surface area contributed by atoms with Crippen molar-refractivity contribution in [1.29, 1.82) is 0 Å². The van der Waals surface area contributed by atoms with Crippen molar-refractivity contribution in [3.8, 4) is 22.8 Å². The summed E-state index contributed by atoms with van der Waals surface area (Å²) in [6.45, 7) is 0.959. The van der Waals surface area contributed by atoms with E-state index in [2.05, 4.69) is 15.4 Å². The van der Waals surface area contributed by atoms with Gasteiger partial charge in [-0.05, 0) is 47.5 Å². The van der Waals surface area contributed by atoms with Crippen molar-refractivity contribution in [2.24, 2.45) is 5.73 Å². The number of hydrogen-bond acceptors (Lipinski definition) is 5. The molecule has 0 spiro atoms. The number of aromatic nitrogens is 3. The third-order valence-electron chi connectivity index (χ3n) is 4.49. The summed E-state index contributed by atoms with van der Waals surface area (Å²) >= 11 is 0. The predicted molar refractivity (Wildman–Crippen MR) is 112 cm³/mol. The number of nitrogens with two attached hydrogens (primary N) is 1. The normalized spacial score (nSPS) is 10.5. The first-order valence-corrected chi connectivity index (χ1v) is 9.38. The minimum atomic E-state index is -0.629. The number of amides is 1. The second-order valence-electron chi connectivity index (χ2n) is 6.62. The summed E-state index contributed by atoms with van der Waals surface area (Å²) in [7, 11) is 0. The summed E-state index contributed by atoms with van der Waals surface area (Å²) in [4.78, 5) is 11.4. The molecule has 0 aliphatic heterocycles. The van der Waals surface area contributed by atoms with Gasteiger partial charge in [0.25, 0.3) is 5.91 Å². The minimum absolute atomic E-state index is 0.109. The molecule has 1 aromatic heterocycles. The Morgan fingerprint density at radius 2 is 1.33 bits per heavy atom. The van der Waals surface area contributed by atoms with Crippen LogP contribution in [0.2, 0.25) is 0 Å². The van der Waals surface area contributed by atoms with Gasteiger partial charge in [-0.3, -0.25) is 4.79 Å². The number of rotatable bonds is 8. The van der Waals surface area contributed by atoms with Crippen LogP contribution < -0.4 is 15.2 Å². The quantitative estimate of drug-likeness (QED) is 0.469. The fraction of sp³-hybridized carbons (Fsp3) is 0.0870. The van der Waals surface area contributed by atoms with Gasteiger partial charge in [0.1, 0.15) is 30.4 Å². The summed E-state index contributed by atoms with van der Waals surface area (Å²) in [5.41, 5.74) is 8.71. The van der Waals surface area contributed by atoms with Gasteiger partial charge in [-0.15, -0.1) is 0 Å². The van der Waals surface area contributed by atoms with E-state index in [1.165, 1.54) is 0 Å². The number of ether oxygens (including phenoxy) is 2. The van der Waals surface area contributed by atoms with Crippen LogP contribution in [0.5, 0.6) is 11.5 Å². The number of aromatic amines is 1. The number of nitrogens with zero attached hydrogens (tertiary/aromatic N) is 2. The highest BCUT2D eigenvalue weighted by molar-refractivity contribution is 5.96. The summed E-state index contributed by atoms with van der Waals surface area (Å²) in [6, 6.07) is 25.1. The molecule has 0 aliphatic rings. The van der Waals surface area contributed by atoms with Gasteiger partial charge in [0.15, 0.2) is 5.69 Å². The summed E-state index contributed by atoms with van der Waals surface area (Å²) in [6.07, 6.45) is 0. The van der Waals surface area contributed by atoms with Gasteiger partial charge in [-0.2, -0.15) is 15.4 Å². The Labute approximate surface area is 173 Å². The maximum absolute atomic E-state index is 11.4. The topological polar surface area (TPSA) is 103 Å². The van der Waals surface area contributed by atoms with Crippen LogP contribution in [0.25, 0.3) is 11.3 Å². The molecule has 1 amide bonds. The molecule has 0 atom stereocenters. The molecule has 30 heavy (non-hydrogen) atoms. The number of nitrogens with one attached hydrogen (secondary N) is 1. The Balaban J connectivity index is 1.32. The molecule has 3 N–H and O–H groups in total. The Kier molecular flexibility index (Phi) is 5.70. The number of carbonyl (C=O) groups is 1. The number of primary amides is 1. The average molecular weight is 400 g/mol. The zero-order valence-electron chi connectivity index (χ0n) is 16.1. The van der Waals surface area contributed by atoms with Crippen LogP contribution >= 0.6 is 0 Å². The Hall–Kier alpha value is -4.13. The number of benzene rings is 3. The molecule has 4 aromatic rings. The molecule has 0 unspecified atom stereocenters. The lowest BCUT2D eigenvalue weighted by molar-refractivity contribution is 0.0996. The molecule has 0 aliphatic carbocycles. The van der Waals surface area contributed by atoms with Crippen molar-refractivity contribution >= 4 is 5.91 Å². The summed E-state index contributed by atoms with van der Waals surface area (Å²) < 4.78 is 11.6. The third kappa shape index (κ3) is 4.64. The lowest BCUT2D eigenvalue weighted by Crippen LogP contribution is -2.12. The maximum atomic E-state index is 11.4. The third-order valence-corrected chi connectivity index (χ3v) is 4.49. The van der Waals surface area contributed by atoms with Gasteiger partial charge in [0.05, 0.1) is 0 Å². The van der Waals surface area contributed by atoms with E-state index in [1.807, 2.05) is 66.7 Å². The standard InChI is InChI=1S/C23H20N4O3/c24-23(28)22-21(25-27-26-22)18-8-12-20(13-9-18)30-15-17-6-10-19(11-7-17)29-14-16-4-2-1-3-5-16/h1-13H,14-15H2,(H2,24,28)(H,25,26,27). The van der Waals surface area contributed by atoms with Gasteiger partial charge in [-0.1, -0.05) is 42.5 Å². The molecule has 3 aromatic carbocycles. The Bertz CT molecular complexity index is 1110. The van der Waals surface area contributed by atoms with Gasteiger partial charge in [-0.25, -0.2) is 0 Å². The van der Waals surface area contributed by atoms with Crippen molar-refractivity contribution in [2.75, 3.05) is 0 Å². The SMILES string of the molecule is NC(=O)c1n[nH]nc1-c1ccc(OCc2ccc(OCc3ccccc3)cc2)cc1. The smallest absolute Gasteiger partial charge is 0.271 e. The first kappa shape index (κ1) is 19.2. The van der Waals surface area contributed by atoms with Gasteiger partial charge >= 0.3 is 0 Å². The molecule has 7 nitrogen and oxygen atoms in total. The van der Waals surface area contributed by atoms with Gasteiger partial charge in [0.2, 0.25) is 0 Å². The summed E-state index contributed by atoms with van der Waals surface area (Å²) in [5.74, 6) is 0.882. The lowest BCUT2D eigenvalue weighted by atomic mass is 10.1. The molecule has 4 rings (SSSR count). The van der Waals surface area contributed by atoms with Crippen molar-refractivity contribution in [1.82, 2.24) is 15.4 Å². The first-order chi connectivity index (χ1) is 14.7. The van der Waals surface area contributed by atoms with E-state index < -0.39 is 5.91 Å². The minimum Gasteiger partial charge on any atom is -0.489 e. The van der Waals surface area contributed by atoms with Crippen molar-refractivity contribution < 1.29 is 14.3 Å². The second-order valence-corrected chi connectivity index (χ2v) is 6.62. The van der Waals surface area contributed by atoms with E-state index in [4.69, 9.17) is 15.2 Å². The highest BCUT2D eigenvalue weighted by Crippen LogP contribution is 2.23. The molecule has 0 fully saturated rings. The van der Waals surface area contributed by atoms with Crippen LogP contribution in [0.3, 0.4) is 0 Å². The fourth-order valence-electron chi connectivity index (χ4n) is 2.90.